The van der Waals surface area contributed by atoms with Gasteiger partial charge in [-0.05, 0) is 31.9 Å². The predicted octanol–water partition coefficient (Wildman–Crippen LogP) is 1.98. The minimum absolute atomic E-state index is 0.00822. The van der Waals surface area contributed by atoms with E-state index in [4.69, 9.17) is 5.11 Å². The summed E-state index contributed by atoms with van der Waals surface area (Å²) in [6.45, 7) is 1.39. The number of benzene rings is 1. The van der Waals surface area contributed by atoms with Crippen LogP contribution in [-0.4, -0.2) is 36.4 Å². The van der Waals surface area contributed by atoms with Crippen LogP contribution in [0.3, 0.4) is 0 Å². The van der Waals surface area contributed by atoms with E-state index in [9.17, 15) is 26.4 Å². The van der Waals surface area contributed by atoms with E-state index in [2.05, 4.69) is 0 Å². The maximum atomic E-state index is 13.8. The summed E-state index contributed by atoms with van der Waals surface area (Å²) < 4.78 is 65.7. The molecule has 9 heteroatoms. The summed E-state index contributed by atoms with van der Waals surface area (Å²) >= 11 is 0. The molecule has 2 rings (SSSR count). The maximum Gasteiger partial charge on any atom is 0.308 e. The first kappa shape index (κ1) is 16.8. The molecule has 1 N–H and O–H groups in total. The molecule has 1 aromatic rings. The Labute approximate surface area is 125 Å². The standard InChI is InChI=1S/C13H14F3NO4S/c1-7-8(13(18)19)3-2-6-17(7)22(20,21)10-5-4-9(14)11(15)12(10)16/h4-5,7-8H,2-3,6H2,1H3,(H,18,19)/t7-,8-/m1/s1. The zero-order valence-corrected chi connectivity index (χ0v) is 12.4. The van der Waals surface area contributed by atoms with E-state index in [0.29, 0.717) is 18.6 Å². The molecule has 0 bridgehead atoms. The third-order valence-corrected chi connectivity index (χ3v) is 5.84. The van der Waals surface area contributed by atoms with Crippen LogP contribution in [0.25, 0.3) is 0 Å². The lowest BCUT2D eigenvalue weighted by molar-refractivity contribution is -0.144. The average molecular weight is 337 g/mol. The second-order valence-electron chi connectivity index (χ2n) is 5.12. The number of nitrogens with zero attached hydrogens (tertiary/aromatic N) is 1. The van der Waals surface area contributed by atoms with Crippen molar-refractivity contribution in [3.05, 3.63) is 29.6 Å². The van der Waals surface area contributed by atoms with Gasteiger partial charge in [0.25, 0.3) is 0 Å². The van der Waals surface area contributed by atoms with Crippen molar-refractivity contribution in [1.29, 1.82) is 0 Å². The molecule has 1 aliphatic rings. The Morgan fingerprint density at radius 3 is 2.50 bits per heavy atom. The average Bonchev–Trinajstić information content (AvgIpc) is 2.44. The number of aliphatic carboxylic acids is 1. The number of rotatable bonds is 3. The number of hydrogen-bond donors (Lipinski definition) is 1. The fourth-order valence-corrected chi connectivity index (χ4v) is 4.38. The minimum Gasteiger partial charge on any atom is -0.481 e. The van der Waals surface area contributed by atoms with E-state index < -0.39 is 50.3 Å². The minimum atomic E-state index is -4.46. The molecule has 0 aromatic heterocycles. The largest absolute Gasteiger partial charge is 0.481 e. The van der Waals surface area contributed by atoms with Crippen molar-refractivity contribution in [2.45, 2.75) is 30.7 Å². The highest BCUT2D eigenvalue weighted by atomic mass is 32.2. The summed E-state index contributed by atoms with van der Waals surface area (Å²) in [6.07, 6.45) is 0.578. The Hall–Kier alpha value is -1.61. The molecule has 0 spiro atoms. The van der Waals surface area contributed by atoms with Crippen LogP contribution < -0.4 is 0 Å². The van der Waals surface area contributed by atoms with Crippen LogP contribution >= 0.6 is 0 Å². The molecule has 22 heavy (non-hydrogen) atoms. The first-order chi connectivity index (χ1) is 10.2. The SMILES string of the molecule is C[C@@H]1[C@H](C(=O)O)CCCN1S(=O)(=O)c1ccc(F)c(F)c1F. The zero-order chi connectivity index (χ0) is 16.7. The molecule has 1 aliphatic heterocycles. The molecule has 2 atom stereocenters. The molecule has 1 aromatic carbocycles. The summed E-state index contributed by atoms with van der Waals surface area (Å²) in [5.41, 5.74) is 0. The lowest BCUT2D eigenvalue weighted by Crippen LogP contribution is -2.49. The molecule has 0 saturated carbocycles. The molecule has 1 fully saturated rings. The third-order valence-electron chi connectivity index (χ3n) is 3.83. The Bertz CT molecular complexity index is 707. The van der Waals surface area contributed by atoms with Crippen molar-refractivity contribution in [1.82, 2.24) is 4.31 Å². The quantitative estimate of drug-likeness (QED) is 0.856. The predicted molar refractivity (Wildman–Crippen MR) is 70.0 cm³/mol. The highest BCUT2D eigenvalue weighted by molar-refractivity contribution is 7.89. The number of halogens is 3. The molecule has 0 radical (unpaired) electrons. The van der Waals surface area contributed by atoms with Gasteiger partial charge in [-0.1, -0.05) is 0 Å². The normalized spacial score (nSPS) is 23.5. The molecular weight excluding hydrogens is 323 g/mol. The van der Waals surface area contributed by atoms with Crippen molar-refractivity contribution in [2.24, 2.45) is 5.92 Å². The van der Waals surface area contributed by atoms with Gasteiger partial charge >= 0.3 is 5.97 Å². The van der Waals surface area contributed by atoms with E-state index >= 15 is 0 Å². The maximum absolute atomic E-state index is 13.8. The van der Waals surface area contributed by atoms with Gasteiger partial charge in [-0.25, -0.2) is 21.6 Å². The number of hydrogen-bond acceptors (Lipinski definition) is 3. The fraction of sp³-hybridized carbons (Fsp3) is 0.462. The first-order valence-electron chi connectivity index (χ1n) is 6.56. The van der Waals surface area contributed by atoms with Crippen molar-refractivity contribution < 1.29 is 31.5 Å². The fourth-order valence-electron chi connectivity index (χ4n) is 2.62. The molecule has 1 heterocycles. The van der Waals surface area contributed by atoms with Gasteiger partial charge in [0.05, 0.1) is 5.92 Å². The Morgan fingerprint density at radius 2 is 1.91 bits per heavy atom. The van der Waals surface area contributed by atoms with Gasteiger partial charge in [-0.2, -0.15) is 4.31 Å². The van der Waals surface area contributed by atoms with Crippen molar-refractivity contribution in [3.63, 3.8) is 0 Å². The van der Waals surface area contributed by atoms with Gasteiger partial charge in [0.1, 0.15) is 4.90 Å². The van der Waals surface area contributed by atoms with Crippen molar-refractivity contribution in [3.8, 4) is 0 Å². The summed E-state index contributed by atoms with van der Waals surface area (Å²) in [5, 5.41) is 9.09. The summed E-state index contributed by atoms with van der Waals surface area (Å²) in [7, 11) is -4.46. The Balaban J connectivity index is 2.46. The van der Waals surface area contributed by atoms with Crippen LogP contribution in [0, 0.1) is 23.4 Å². The van der Waals surface area contributed by atoms with E-state index in [1.54, 1.807) is 0 Å². The Kier molecular flexibility index (Phi) is 4.48. The van der Waals surface area contributed by atoms with E-state index in [1.165, 1.54) is 6.92 Å². The number of carbonyl (C=O) groups is 1. The molecular formula is C13H14F3NO4S. The highest BCUT2D eigenvalue weighted by Gasteiger charge is 2.41. The second-order valence-corrected chi connectivity index (χ2v) is 6.98. The van der Waals surface area contributed by atoms with Crippen LogP contribution in [0.15, 0.2) is 17.0 Å². The van der Waals surface area contributed by atoms with Crippen LogP contribution in [0.4, 0.5) is 13.2 Å². The topological polar surface area (TPSA) is 74.7 Å². The van der Waals surface area contributed by atoms with E-state index in [-0.39, 0.29) is 13.0 Å². The number of carboxylic acids is 1. The van der Waals surface area contributed by atoms with Crippen LogP contribution in [-0.2, 0) is 14.8 Å². The smallest absolute Gasteiger partial charge is 0.308 e. The van der Waals surface area contributed by atoms with E-state index in [0.717, 1.165) is 4.31 Å². The number of carboxylic acid groups (broad SMARTS) is 1. The Morgan fingerprint density at radius 1 is 1.27 bits per heavy atom. The zero-order valence-electron chi connectivity index (χ0n) is 11.6. The number of sulfonamides is 1. The summed E-state index contributed by atoms with van der Waals surface area (Å²) in [6, 6.07) is 0.248. The third kappa shape index (κ3) is 2.70. The van der Waals surface area contributed by atoms with Crippen molar-refractivity contribution in [2.75, 3.05) is 6.54 Å². The molecule has 1 saturated heterocycles. The van der Waals surface area contributed by atoms with Gasteiger partial charge < -0.3 is 5.11 Å². The van der Waals surface area contributed by atoms with Gasteiger partial charge in [0, 0.05) is 12.6 Å². The van der Waals surface area contributed by atoms with Gasteiger partial charge in [-0.3, -0.25) is 4.79 Å². The van der Waals surface area contributed by atoms with Gasteiger partial charge in [0.15, 0.2) is 17.5 Å². The highest BCUT2D eigenvalue weighted by Crippen LogP contribution is 2.31. The molecule has 0 unspecified atom stereocenters. The van der Waals surface area contributed by atoms with Gasteiger partial charge in [0.2, 0.25) is 10.0 Å². The molecule has 0 aliphatic carbocycles. The summed E-state index contributed by atoms with van der Waals surface area (Å²) in [5.74, 6) is -7.26. The molecule has 5 nitrogen and oxygen atoms in total. The van der Waals surface area contributed by atoms with Gasteiger partial charge in [-0.15, -0.1) is 0 Å². The summed E-state index contributed by atoms with van der Waals surface area (Å²) in [4.78, 5) is 10.1. The first-order valence-corrected chi connectivity index (χ1v) is 8.00. The van der Waals surface area contributed by atoms with Crippen LogP contribution in [0.1, 0.15) is 19.8 Å². The molecule has 0 amide bonds. The monoisotopic (exact) mass is 337 g/mol. The lowest BCUT2D eigenvalue weighted by Gasteiger charge is -2.36. The van der Waals surface area contributed by atoms with E-state index in [1.807, 2.05) is 0 Å². The van der Waals surface area contributed by atoms with Crippen LogP contribution in [0.2, 0.25) is 0 Å². The molecule has 122 valence electrons. The second kappa shape index (κ2) is 5.88. The van der Waals surface area contributed by atoms with Crippen LogP contribution in [0.5, 0.6) is 0 Å². The lowest BCUT2D eigenvalue weighted by atomic mass is 9.92. The number of piperidine rings is 1. The van der Waals surface area contributed by atoms with Crippen molar-refractivity contribution >= 4 is 16.0 Å².